The van der Waals surface area contributed by atoms with Gasteiger partial charge in [0.1, 0.15) is 0 Å². The fraction of sp³-hybridized carbons (Fsp3) is 1.00. The van der Waals surface area contributed by atoms with Gasteiger partial charge >= 0.3 is 0 Å². The van der Waals surface area contributed by atoms with Gasteiger partial charge in [0.05, 0.1) is 12.7 Å². The SMILES string of the molecule is CNC1CCN(CC(O)COC)CC1. The Balaban J connectivity index is 2.15. The number of aliphatic hydroxyl groups excluding tert-OH is 1. The number of ether oxygens (including phenoxy) is 1. The molecule has 0 spiro atoms. The minimum absolute atomic E-state index is 0.342. The molecule has 1 unspecified atom stereocenters. The second kappa shape index (κ2) is 6.35. The van der Waals surface area contributed by atoms with Gasteiger partial charge < -0.3 is 20.1 Å². The fourth-order valence-corrected chi connectivity index (χ4v) is 1.95. The number of rotatable bonds is 5. The number of β-amino-alcohol motifs (C(OH)–C–C–N with tert-alkyl or cyclic N) is 1. The van der Waals surface area contributed by atoms with Gasteiger partial charge in [0.25, 0.3) is 0 Å². The molecule has 0 aromatic carbocycles. The molecule has 1 heterocycles. The first kappa shape index (κ1) is 11.9. The van der Waals surface area contributed by atoms with Gasteiger partial charge in [-0.1, -0.05) is 0 Å². The van der Waals surface area contributed by atoms with Gasteiger partial charge in [-0.3, -0.25) is 0 Å². The summed E-state index contributed by atoms with van der Waals surface area (Å²) in [5.41, 5.74) is 0. The van der Waals surface area contributed by atoms with Crippen LogP contribution in [-0.2, 0) is 4.74 Å². The third kappa shape index (κ3) is 3.92. The lowest BCUT2D eigenvalue weighted by molar-refractivity contribution is 0.0313. The van der Waals surface area contributed by atoms with E-state index in [9.17, 15) is 5.11 Å². The molecule has 1 aliphatic heterocycles. The molecule has 0 aromatic heterocycles. The number of likely N-dealkylation sites (tertiary alicyclic amines) is 1. The Morgan fingerprint density at radius 3 is 2.64 bits per heavy atom. The van der Waals surface area contributed by atoms with Crippen molar-refractivity contribution in [2.75, 3.05) is 40.4 Å². The zero-order valence-corrected chi connectivity index (χ0v) is 9.20. The number of hydrogen-bond acceptors (Lipinski definition) is 4. The Kier molecular flexibility index (Phi) is 5.40. The van der Waals surface area contributed by atoms with E-state index in [4.69, 9.17) is 4.74 Å². The van der Waals surface area contributed by atoms with Gasteiger partial charge in [-0.15, -0.1) is 0 Å². The molecule has 0 aliphatic carbocycles. The minimum Gasteiger partial charge on any atom is -0.389 e. The lowest BCUT2D eigenvalue weighted by Crippen LogP contribution is -2.44. The highest BCUT2D eigenvalue weighted by Gasteiger charge is 2.19. The van der Waals surface area contributed by atoms with Crippen molar-refractivity contribution < 1.29 is 9.84 Å². The standard InChI is InChI=1S/C10H22N2O2/c1-11-9-3-5-12(6-4-9)7-10(13)8-14-2/h9-11,13H,3-8H2,1-2H3. The molecule has 4 heteroatoms. The number of piperidine rings is 1. The molecule has 1 atom stereocenters. The van der Waals surface area contributed by atoms with Crippen LogP contribution in [0.5, 0.6) is 0 Å². The summed E-state index contributed by atoms with van der Waals surface area (Å²) in [7, 11) is 3.64. The maximum absolute atomic E-state index is 9.54. The van der Waals surface area contributed by atoms with Crippen LogP contribution < -0.4 is 5.32 Å². The van der Waals surface area contributed by atoms with Crippen molar-refractivity contribution in [2.24, 2.45) is 0 Å². The molecule has 0 amide bonds. The molecule has 1 rings (SSSR count). The van der Waals surface area contributed by atoms with E-state index in [1.165, 1.54) is 12.8 Å². The van der Waals surface area contributed by atoms with Crippen molar-refractivity contribution >= 4 is 0 Å². The predicted octanol–water partition coefficient (Wildman–Crippen LogP) is -0.322. The van der Waals surface area contributed by atoms with E-state index in [2.05, 4.69) is 10.2 Å². The summed E-state index contributed by atoms with van der Waals surface area (Å²) < 4.78 is 4.90. The molecule has 84 valence electrons. The summed E-state index contributed by atoms with van der Waals surface area (Å²) in [6.07, 6.45) is 2.01. The number of methoxy groups -OCH3 is 1. The average molecular weight is 202 g/mol. The quantitative estimate of drug-likeness (QED) is 0.641. The Hall–Kier alpha value is -0.160. The van der Waals surface area contributed by atoms with E-state index >= 15 is 0 Å². The molecular formula is C10H22N2O2. The van der Waals surface area contributed by atoms with Crippen LogP contribution in [0, 0.1) is 0 Å². The zero-order chi connectivity index (χ0) is 10.4. The third-order valence-electron chi connectivity index (χ3n) is 2.82. The topological polar surface area (TPSA) is 44.7 Å². The molecule has 1 fully saturated rings. The summed E-state index contributed by atoms with van der Waals surface area (Å²) in [4.78, 5) is 2.30. The molecule has 2 N–H and O–H groups in total. The second-order valence-electron chi connectivity index (χ2n) is 3.97. The predicted molar refractivity (Wildman–Crippen MR) is 56.4 cm³/mol. The van der Waals surface area contributed by atoms with Crippen LogP contribution in [0.25, 0.3) is 0 Å². The summed E-state index contributed by atoms with van der Waals surface area (Å²) in [6.45, 7) is 3.33. The van der Waals surface area contributed by atoms with Crippen molar-refractivity contribution in [1.82, 2.24) is 10.2 Å². The zero-order valence-electron chi connectivity index (χ0n) is 9.20. The van der Waals surface area contributed by atoms with Gasteiger partial charge in [-0.25, -0.2) is 0 Å². The Bertz CT molecular complexity index is 147. The van der Waals surface area contributed by atoms with Gasteiger partial charge in [0.15, 0.2) is 0 Å². The van der Waals surface area contributed by atoms with Crippen LogP contribution in [0.2, 0.25) is 0 Å². The number of nitrogens with zero attached hydrogens (tertiary/aromatic N) is 1. The number of nitrogens with one attached hydrogen (secondary N) is 1. The number of aliphatic hydroxyl groups is 1. The van der Waals surface area contributed by atoms with Crippen molar-refractivity contribution in [3.8, 4) is 0 Å². The molecule has 4 nitrogen and oxygen atoms in total. The lowest BCUT2D eigenvalue weighted by atomic mass is 10.1. The molecule has 14 heavy (non-hydrogen) atoms. The van der Waals surface area contributed by atoms with E-state index in [-0.39, 0.29) is 6.10 Å². The van der Waals surface area contributed by atoms with Gasteiger partial charge in [-0.2, -0.15) is 0 Å². The van der Waals surface area contributed by atoms with Crippen LogP contribution >= 0.6 is 0 Å². The monoisotopic (exact) mass is 202 g/mol. The first-order valence-electron chi connectivity index (χ1n) is 5.33. The Morgan fingerprint density at radius 2 is 2.14 bits per heavy atom. The fourth-order valence-electron chi connectivity index (χ4n) is 1.95. The summed E-state index contributed by atoms with van der Waals surface area (Å²) in [6, 6.07) is 0.658. The van der Waals surface area contributed by atoms with Crippen molar-refractivity contribution in [3.05, 3.63) is 0 Å². The molecule has 0 saturated carbocycles. The smallest absolute Gasteiger partial charge is 0.0900 e. The molecule has 0 aromatic rings. The molecule has 1 aliphatic rings. The summed E-state index contributed by atoms with van der Waals surface area (Å²) >= 11 is 0. The molecule has 0 bridgehead atoms. The highest BCUT2D eigenvalue weighted by Crippen LogP contribution is 2.09. The van der Waals surface area contributed by atoms with Crippen LogP contribution in [0.1, 0.15) is 12.8 Å². The molecule has 0 radical (unpaired) electrons. The minimum atomic E-state index is -0.342. The lowest BCUT2D eigenvalue weighted by Gasteiger charge is -2.32. The first-order chi connectivity index (χ1) is 6.76. The normalized spacial score (nSPS) is 22.5. The summed E-state index contributed by atoms with van der Waals surface area (Å²) in [5.74, 6) is 0. The van der Waals surface area contributed by atoms with Gasteiger partial charge in [0, 0.05) is 19.7 Å². The van der Waals surface area contributed by atoms with E-state index < -0.39 is 0 Å². The van der Waals surface area contributed by atoms with E-state index in [0.717, 1.165) is 19.6 Å². The van der Waals surface area contributed by atoms with E-state index in [1.54, 1.807) is 7.11 Å². The van der Waals surface area contributed by atoms with Gasteiger partial charge in [0.2, 0.25) is 0 Å². The first-order valence-corrected chi connectivity index (χ1v) is 5.33. The van der Waals surface area contributed by atoms with Crippen molar-refractivity contribution in [3.63, 3.8) is 0 Å². The maximum atomic E-state index is 9.54. The Morgan fingerprint density at radius 1 is 1.50 bits per heavy atom. The van der Waals surface area contributed by atoms with Crippen molar-refractivity contribution in [1.29, 1.82) is 0 Å². The van der Waals surface area contributed by atoms with Crippen molar-refractivity contribution in [2.45, 2.75) is 25.0 Å². The van der Waals surface area contributed by atoms with Crippen LogP contribution in [0.3, 0.4) is 0 Å². The number of hydrogen-bond donors (Lipinski definition) is 2. The summed E-state index contributed by atoms with van der Waals surface area (Å²) in [5, 5.41) is 12.8. The highest BCUT2D eigenvalue weighted by atomic mass is 16.5. The maximum Gasteiger partial charge on any atom is 0.0900 e. The Labute approximate surface area is 86.2 Å². The van der Waals surface area contributed by atoms with E-state index in [1.807, 2.05) is 7.05 Å². The second-order valence-corrected chi connectivity index (χ2v) is 3.97. The highest BCUT2D eigenvalue weighted by molar-refractivity contribution is 4.77. The van der Waals surface area contributed by atoms with E-state index in [0.29, 0.717) is 12.6 Å². The molecular weight excluding hydrogens is 180 g/mol. The van der Waals surface area contributed by atoms with Gasteiger partial charge in [-0.05, 0) is 33.0 Å². The average Bonchev–Trinajstić information content (AvgIpc) is 2.19. The van der Waals surface area contributed by atoms with Crippen LogP contribution in [0.15, 0.2) is 0 Å². The van der Waals surface area contributed by atoms with Crippen LogP contribution in [-0.4, -0.2) is 62.6 Å². The largest absolute Gasteiger partial charge is 0.389 e. The molecule has 1 saturated heterocycles. The van der Waals surface area contributed by atoms with Crippen LogP contribution in [0.4, 0.5) is 0 Å². The third-order valence-corrected chi connectivity index (χ3v) is 2.82.